The van der Waals surface area contributed by atoms with E-state index in [1.807, 2.05) is 12.3 Å². The minimum Gasteiger partial charge on any atom is -0.324 e. The topological polar surface area (TPSA) is 75.2 Å². The molecule has 0 saturated heterocycles. The molecule has 1 aliphatic heterocycles. The third-order valence-corrected chi connectivity index (χ3v) is 3.95. The molecule has 0 unspecified atom stereocenters. The van der Waals surface area contributed by atoms with Crippen LogP contribution in [-0.4, -0.2) is 28.8 Å². The molecule has 0 spiro atoms. The number of nitrogens with zero attached hydrogens (tertiary/aromatic N) is 3. The standard InChI is InChI=1S/C12H10N4O2S/c1-6-4-19-12-9(6)10(13-5-14-12)16(2)7-3-8(17)15-11(7)18/h3-5H,1-2H3,(H,15,17,18). The first-order valence-corrected chi connectivity index (χ1v) is 6.45. The minimum atomic E-state index is -0.410. The van der Waals surface area contributed by atoms with E-state index in [0.717, 1.165) is 15.8 Å². The minimum absolute atomic E-state index is 0.288. The largest absolute Gasteiger partial charge is 0.324 e. The zero-order valence-electron chi connectivity index (χ0n) is 10.3. The van der Waals surface area contributed by atoms with Gasteiger partial charge in [-0.25, -0.2) is 9.97 Å². The van der Waals surface area contributed by atoms with Gasteiger partial charge in [-0.3, -0.25) is 14.9 Å². The van der Waals surface area contributed by atoms with Crippen LogP contribution in [0.25, 0.3) is 10.2 Å². The van der Waals surface area contributed by atoms with Crippen LogP contribution in [-0.2, 0) is 9.59 Å². The number of amides is 2. The third-order valence-electron chi connectivity index (χ3n) is 2.95. The van der Waals surface area contributed by atoms with Crippen LogP contribution < -0.4 is 10.2 Å². The van der Waals surface area contributed by atoms with E-state index in [4.69, 9.17) is 0 Å². The summed E-state index contributed by atoms with van der Waals surface area (Å²) < 4.78 is 0. The van der Waals surface area contributed by atoms with Gasteiger partial charge < -0.3 is 4.90 Å². The zero-order chi connectivity index (χ0) is 13.6. The van der Waals surface area contributed by atoms with Gasteiger partial charge in [0.1, 0.15) is 22.7 Å². The summed E-state index contributed by atoms with van der Waals surface area (Å²) in [6.07, 6.45) is 2.73. The van der Waals surface area contributed by atoms with Gasteiger partial charge in [0.2, 0.25) is 0 Å². The highest BCUT2D eigenvalue weighted by atomic mass is 32.1. The van der Waals surface area contributed by atoms with Gasteiger partial charge in [0.05, 0.1) is 5.39 Å². The lowest BCUT2D eigenvalue weighted by Gasteiger charge is -2.18. The van der Waals surface area contributed by atoms with Crippen LogP contribution in [0.3, 0.4) is 0 Å². The average molecular weight is 274 g/mol. The quantitative estimate of drug-likeness (QED) is 0.826. The smallest absolute Gasteiger partial charge is 0.274 e. The van der Waals surface area contributed by atoms with E-state index in [9.17, 15) is 9.59 Å². The van der Waals surface area contributed by atoms with E-state index in [0.29, 0.717) is 5.82 Å². The second-order valence-corrected chi connectivity index (χ2v) is 5.06. The fraction of sp³-hybridized carbons (Fsp3) is 0.167. The van der Waals surface area contributed by atoms with E-state index in [-0.39, 0.29) is 5.70 Å². The van der Waals surface area contributed by atoms with E-state index >= 15 is 0 Å². The van der Waals surface area contributed by atoms with Crippen molar-refractivity contribution in [2.24, 2.45) is 0 Å². The molecule has 0 saturated carbocycles. The van der Waals surface area contributed by atoms with E-state index in [2.05, 4.69) is 15.3 Å². The van der Waals surface area contributed by atoms with Gasteiger partial charge in [0, 0.05) is 13.1 Å². The number of carbonyl (C=O) groups is 2. The highest BCUT2D eigenvalue weighted by Gasteiger charge is 2.26. The normalized spacial score (nSPS) is 14.7. The van der Waals surface area contributed by atoms with Gasteiger partial charge in [-0.15, -0.1) is 11.3 Å². The zero-order valence-corrected chi connectivity index (χ0v) is 11.1. The van der Waals surface area contributed by atoms with Gasteiger partial charge in [0.25, 0.3) is 11.8 Å². The lowest BCUT2D eigenvalue weighted by molar-refractivity contribution is -0.123. The second-order valence-electron chi connectivity index (χ2n) is 4.20. The van der Waals surface area contributed by atoms with Crippen LogP contribution in [0.5, 0.6) is 0 Å². The molecule has 2 aromatic rings. The maximum absolute atomic E-state index is 11.7. The van der Waals surface area contributed by atoms with Crippen molar-refractivity contribution in [1.29, 1.82) is 0 Å². The second kappa shape index (κ2) is 4.13. The molecular weight excluding hydrogens is 264 g/mol. The first-order chi connectivity index (χ1) is 9.08. The SMILES string of the molecule is Cc1csc2ncnc(N(C)C3=CC(=O)NC3=O)c12. The molecule has 19 heavy (non-hydrogen) atoms. The summed E-state index contributed by atoms with van der Waals surface area (Å²) in [7, 11) is 1.71. The molecule has 0 aromatic carbocycles. The summed E-state index contributed by atoms with van der Waals surface area (Å²) in [6.45, 7) is 1.97. The highest BCUT2D eigenvalue weighted by molar-refractivity contribution is 7.17. The number of hydrogen-bond donors (Lipinski definition) is 1. The van der Waals surface area contributed by atoms with E-state index in [1.54, 1.807) is 11.9 Å². The number of aryl methyl sites for hydroxylation is 1. The van der Waals surface area contributed by atoms with Crippen LogP contribution >= 0.6 is 11.3 Å². The highest BCUT2D eigenvalue weighted by Crippen LogP contribution is 2.31. The molecule has 3 rings (SSSR count). The third kappa shape index (κ3) is 1.78. The molecule has 0 atom stereocenters. The number of rotatable bonds is 2. The Labute approximate surface area is 112 Å². The number of likely N-dealkylation sites (N-methyl/N-ethyl adjacent to an activating group) is 1. The Morgan fingerprint density at radius 2 is 2.11 bits per heavy atom. The van der Waals surface area contributed by atoms with Crippen molar-refractivity contribution in [3.63, 3.8) is 0 Å². The molecule has 96 valence electrons. The Morgan fingerprint density at radius 3 is 2.79 bits per heavy atom. The number of anilines is 1. The van der Waals surface area contributed by atoms with Crippen molar-refractivity contribution in [2.45, 2.75) is 6.92 Å². The lowest BCUT2D eigenvalue weighted by atomic mass is 10.2. The monoisotopic (exact) mass is 274 g/mol. The predicted octanol–water partition coefficient (Wildman–Crippen LogP) is 0.976. The summed E-state index contributed by atoms with van der Waals surface area (Å²) in [5.74, 6) is -0.189. The summed E-state index contributed by atoms with van der Waals surface area (Å²) in [5.41, 5.74) is 1.34. The van der Waals surface area contributed by atoms with Crippen molar-refractivity contribution < 1.29 is 9.59 Å². The number of imide groups is 1. The number of hydrogen-bond acceptors (Lipinski definition) is 6. The Morgan fingerprint density at radius 1 is 1.32 bits per heavy atom. The molecule has 0 aliphatic carbocycles. The Balaban J connectivity index is 2.14. The van der Waals surface area contributed by atoms with Crippen molar-refractivity contribution in [3.8, 4) is 0 Å². The number of fused-ring (bicyclic) bond motifs is 1. The van der Waals surface area contributed by atoms with Crippen molar-refractivity contribution in [3.05, 3.63) is 29.0 Å². The van der Waals surface area contributed by atoms with Crippen LogP contribution in [0.1, 0.15) is 5.56 Å². The molecular formula is C12H10N4O2S. The lowest BCUT2D eigenvalue weighted by Crippen LogP contribution is -2.29. The first kappa shape index (κ1) is 11.8. The average Bonchev–Trinajstić information content (AvgIpc) is 2.92. The Hall–Kier alpha value is -2.28. The molecule has 2 aromatic heterocycles. The summed E-state index contributed by atoms with van der Waals surface area (Å²) in [6, 6.07) is 0. The van der Waals surface area contributed by atoms with Crippen LogP contribution in [0, 0.1) is 6.92 Å². The van der Waals surface area contributed by atoms with Crippen LogP contribution in [0.4, 0.5) is 5.82 Å². The van der Waals surface area contributed by atoms with Gasteiger partial charge in [0.15, 0.2) is 0 Å². The fourth-order valence-corrected chi connectivity index (χ4v) is 2.90. The number of nitrogens with one attached hydrogen (secondary N) is 1. The molecule has 1 aliphatic rings. The summed E-state index contributed by atoms with van der Waals surface area (Å²) >= 11 is 1.52. The molecule has 6 nitrogen and oxygen atoms in total. The van der Waals surface area contributed by atoms with Crippen LogP contribution in [0.2, 0.25) is 0 Å². The molecule has 7 heteroatoms. The maximum Gasteiger partial charge on any atom is 0.274 e. The fourth-order valence-electron chi connectivity index (χ4n) is 2.02. The van der Waals surface area contributed by atoms with E-state index in [1.165, 1.54) is 23.7 Å². The molecule has 0 radical (unpaired) electrons. The number of thiophene rings is 1. The summed E-state index contributed by atoms with van der Waals surface area (Å²) in [4.78, 5) is 33.8. The Bertz CT molecular complexity index is 734. The predicted molar refractivity (Wildman–Crippen MR) is 71.8 cm³/mol. The van der Waals surface area contributed by atoms with Gasteiger partial charge in [-0.05, 0) is 17.9 Å². The number of carbonyl (C=O) groups excluding carboxylic acids is 2. The van der Waals surface area contributed by atoms with Crippen molar-refractivity contribution >= 4 is 39.2 Å². The van der Waals surface area contributed by atoms with Gasteiger partial charge >= 0.3 is 0 Å². The molecule has 0 fully saturated rings. The van der Waals surface area contributed by atoms with Crippen molar-refractivity contribution in [1.82, 2.24) is 15.3 Å². The van der Waals surface area contributed by atoms with Crippen LogP contribution in [0.15, 0.2) is 23.5 Å². The van der Waals surface area contributed by atoms with Gasteiger partial charge in [-0.1, -0.05) is 0 Å². The van der Waals surface area contributed by atoms with E-state index < -0.39 is 11.8 Å². The first-order valence-electron chi connectivity index (χ1n) is 5.57. The summed E-state index contributed by atoms with van der Waals surface area (Å²) in [5, 5.41) is 5.12. The number of aromatic nitrogens is 2. The van der Waals surface area contributed by atoms with Crippen molar-refractivity contribution in [2.75, 3.05) is 11.9 Å². The molecule has 0 bridgehead atoms. The molecule has 3 heterocycles. The molecule has 2 amide bonds. The Kier molecular flexibility index (Phi) is 2.56. The molecule has 1 N–H and O–H groups in total. The van der Waals surface area contributed by atoms with Gasteiger partial charge in [-0.2, -0.15) is 0 Å². The maximum atomic E-state index is 11.7.